The van der Waals surface area contributed by atoms with Crippen molar-refractivity contribution in [2.45, 2.75) is 6.92 Å². The van der Waals surface area contributed by atoms with Gasteiger partial charge in [0.15, 0.2) is 0 Å². The summed E-state index contributed by atoms with van der Waals surface area (Å²) in [6.07, 6.45) is 7.26. The van der Waals surface area contributed by atoms with E-state index in [1.165, 1.54) is 0 Å². The van der Waals surface area contributed by atoms with Gasteiger partial charge in [-0.05, 0) is 6.92 Å². The fraction of sp³-hybridized carbons (Fsp3) is 0.143. The lowest BCUT2D eigenvalue weighted by Crippen LogP contribution is -1.92. The molecule has 0 bridgehead atoms. The van der Waals surface area contributed by atoms with Crippen LogP contribution in [0.25, 0.3) is 5.69 Å². The number of rotatable bonds is 1. The number of nitrogens with zero attached hydrogens (tertiary/aromatic N) is 3. The summed E-state index contributed by atoms with van der Waals surface area (Å²) >= 11 is 0. The SMILES string of the molecule is Cc1nccn1-c1cn[nH]c1. The molecule has 0 spiro atoms. The maximum Gasteiger partial charge on any atom is 0.110 e. The van der Waals surface area contributed by atoms with Gasteiger partial charge in [0.2, 0.25) is 0 Å². The second kappa shape index (κ2) is 2.23. The van der Waals surface area contributed by atoms with Crippen LogP contribution < -0.4 is 0 Å². The van der Waals surface area contributed by atoms with Crippen LogP contribution in [0.15, 0.2) is 24.8 Å². The van der Waals surface area contributed by atoms with Gasteiger partial charge in [-0.3, -0.25) is 5.10 Å². The number of H-pyrrole nitrogens is 1. The summed E-state index contributed by atoms with van der Waals surface area (Å²) in [5.74, 6) is 0.964. The average molecular weight is 148 g/mol. The molecule has 11 heavy (non-hydrogen) atoms. The summed E-state index contributed by atoms with van der Waals surface area (Å²) in [4.78, 5) is 4.09. The van der Waals surface area contributed by atoms with Crippen LogP contribution >= 0.6 is 0 Å². The van der Waals surface area contributed by atoms with Crippen LogP contribution in [0, 0.1) is 6.92 Å². The summed E-state index contributed by atoms with van der Waals surface area (Å²) in [5, 5.41) is 6.59. The molecule has 2 heterocycles. The van der Waals surface area contributed by atoms with Gasteiger partial charge >= 0.3 is 0 Å². The van der Waals surface area contributed by atoms with Gasteiger partial charge in [-0.1, -0.05) is 0 Å². The lowest BCUT2D eigenvalue weighted by atomic mass is 10.5. The minimum atomic E-state index is 0.964. The number of aryl methyl sites for hydroxylation is 1. The molecule has 56 valence electrons. The largest absolute Gasteiger partial charge is 0.301 e. The van der Waals surface area contributed by atoms with Crippen LogP contribution in [0.2, 0.25) is 0 Å². The van der Waals surface area contributed by atoms with Crippen LogP contribution in [-0.2, 0) is 0 Å². The van der Waals surface area contributed by atoms with E-state index in [-0.39, 0.29) is 0 Å². The third kappa shape index (κ3) is 0.920. The van der Waals surface area contributed by atoms with E-state index < -0.39 is 0 Å². The van der Waals surface area contributed by atoms with Gasteiger partial charge in [-0.25, -0.2) is 4.98 Å². The van der Waals surface area contributed by atoms with Crippen molar-refractivity contribution in [3.63, 3.8) is 0 Å². The highest BCUT2D eigenvalue weighted by atomic mass is 15.1. The molecular weight excluding hydrogens is 140 g/mol. The van der Waals surface area contributed by atoms with E-state index in [2.05, 4.69) is 15.2 Å². The van der Waals surface area contributed by atoms with E-state index >= 15 is 0 Å². The van der Waals surface area contributed by atoms with Gasteiger partial charge in [-0.2, -0.15) is 5.10 Å². The van der Waals surface area contributed by atoms with Crippen molar-refractivity contribution in [1.82, 2.24) is 19.7 Å². The Balaban J connectivity index is 2.53. The highest BCUT2D eigenvalue weighted by Crippen LogP contribution is 2.05. The maximum atomic E-state index is 4.09. The number of aromatic nitrogens is 4. The fourth-order valence-electron chi connectivity index (χ4n) is 1.03. The third-order valence-corrected chi connectivity index (χ3v) is 1.59. The van der Waals surface area contributed by atoms with E-state index in [1.54, 1.807) is 12.4 Å². The summed E-state index contributed by atoms with van der Waals surface area (Å²) in [6, 6.07) is 0. The van der Waals surface area contributed by atoms with Crippen LogP contribution in [0.4, 0.5) is 0 Å². The number of imidazole rings is 1. The van der Waals surface area contributed by atoms with Crippen molar-refractivity contribution >= 4 is 0 Å². The third-order valence-electron chi connectivity index (χ3n) is 1.59. The molecule has 0 aromatic carbocycles. The second-order valence-electron chi connectivity index (χ2n) is 2.30. The van der Waals surface area contributed by atoms with Crippen molar-refractivity contribution in [2.75, 3.05) is 0 Å². The minimum Gasteiger partial charge on any atom is -0.301 e. The topological polar surface area (TPSA) is 46.5 Å². The molecule has 0 saturated carbocycles. The Morgan fingerprint density at radius 3 is 3.00 bits per heavy atom. The standard InChI is InChI=1S/C7H8N4/c1-6-8-2-3-11(6)7-4-9-10-5-7/h2-5H,1H3,(H,9,10). The van der Waals surface area contributed by atoms with Crippen LogP contribution in [0.5, 0.6) is 0 Å². The van der Waals surface area contributed by atoms with Gasteiger partial charge in [0.1, 0.15) is 5.82 Å². The van der Waals surface area contributed by atoms with Crippen molar-refractivity contribution < 1.29 is 0 Å². The molecule has 2 rings (SSSR count). The van der Waals surface area contributed by atoms with Gasteiger partial charge < -0.3 is 4.57 Å². The first kappa shape index (κ1) is 6.15. The first-order valence-corrected chi connectivity index (χ1v) is 3.37. The smallest absolute Gasteiger partial charge is 0.110 e. The van der Waals surface area contributed by atoms with E-state index in [9.17, 15) is 0 Å². The average Bonchev–Trinajstić information content (AvgIpc) is 2.55. The zero-order valence-electron chi connectivity index (χ0n) is 6.15. The van der Waals surface area contributed by atoms with Gasteiger partial charge in [0, 0.05) is 18.6 Å². The zero-order valence-corrected chi connectivity index (χ0v) is 6.15. The van der Waals surface area contributed by atoms with Crippen molar-refractivity contribution in [2.24, 2.45) is 0 Å². The molecule has 0 radical (unpaired) electrons. The van der Waals surface area contributed by atoms with Gasteiger partial charge in [0.25, 0.3) is 0 Å². The second-order valence-corrected chi connectivity index (χ2v) is 2.30. The van der Waals surface area contributed by atoms with Crippen molar-refractivity contribution in [3.8, 4) is 5.69 Å². The normalized spacial score (nSPS) is 10.3. The predicted molar refractivity (Wildman–Crippen MR) is 40.4 cm³/mol. The minimum absolute atomic E-state index is 0.964. The van der Waals surface area contributed by atoms with Crippen LogP contribution in [0.3, 0.4) is 0 Å². The van der Waals surface area contributed by atoms with E-state index in [0.29, 0.717) is 0 Å². The zero-order chi connectivity index (χ0) is 7.68. The predicted octanol–water partition coefficient (Wildman–Crippen LogP) is 0.904. The Labute approximate surface area is 63.9 Å². The lowest BCUT2D eigenvalue weighted by molar-refractivity contribution is 0.976. The van der Waals surface area contributed by atoms with E-state index in [1.807, 2.05) is 23.9 Å². The highest BCUT2D eigenvalue weighted by molar-refractivity contribution is 5.26. The number of aromatic amines is 1. The summed E-state index contributed by atoms with van der Waals surface area (Å²) in [6.45, 7) is 1.95. The Bertz CT molecular complexity index is 333. The van der Waals surface area contributed by atoms with E-state index in [4.69, 9.17) is 0 Å². The Morgan fingerprint density at radius 1 is 1.55 bits per heavy atom. The molecule has 0 aliphatic carbocycles. The molecule has 0 saturated heterocycles. The molecule has 0 aliphatic heterocycles. The molecule has 1 N–H and O–H groups in total. The van der Waals surface area contributed by atoms with Gasteiger partial charge in [-0.15, -0.1) is 0 Å². The summed E-state index contributed by atoms with van der Waals surface area (Å²) in [5.41, 5.74) is 1.01. The molecule has 4 heteroatoms. The molecular formula is C7H8N4. The van der Waals surface area contributed by atoms with Crippen LogP contribution in [-0.4, -0.2) is 19.7 Å². The fourth-order valence-corrected chi connectivity index (χ4v) is 1.03. The summed E-state index contributed by atoms with van der Waals surface area (Å²) < 4.78 is 1.96. The molecule has 0 amide bonds. The molecule has 0 atom stereocenters. The maximum absolute atomic E-state index is 4.09. The molecule has 0 fully saturated rings. The Hall–Kier alpha value is -1.58. The number of hydrogen-bond acceptors (Lipinski definition) is 2. The molecule has 2 aromatic rings. The summed E-state index contributed by atoms with van der Waals surface area (Å²) in [7, 11) is 0. The lowest BCUT2D eigenvalue weighted by Gasteiger charge is -1.97. The molecule has 0 aliphatic rings. The Morgan fingerprint density at radius 2 is 2.45 bits per heavy atom. The van der Waals surface area contributed by atoms with Crippen molar-refractivity contribution in [3.05, 3.63) is 30.6 Å². The first-order chi connectivity index (χ1) is 5.38. The Kier molecular flexibility index (Phi) is 1.25. The van der Waals surface area contributed by atoms with E-state index in [0.717, 1.165) is 11.5 Å². The monoisotopic (exact) mass is 148 g/mol. The van der Waals surface area contributed by atoms with Crippen molar-refractivity contribution in [1.29, 1.82) is 0 Å². The molecule has 2 aromatic heterocycles. The number of hydrogen-bond donors (Lipinski definition) is 1. The quantitative estimate of drug-likeness (QED) is 0.653. The highest BCUT2D eigenvalue weighted by Gasteiger charge is 1.98. The molecule has 4 nitrogen and oxygen atoms in total. The van der Waals surface area contributed by atoms with Gasteiger partial charge in [0.05, 0.1) is 11.9 Å². The number of nitrogens with one attached hydrogen (secondary N) is 1. The van der Waals surface area contributed by atoms with Crippen LogP contribution in [0.1, 0.15) is 5.82 Å². The molecule has 0 unspecified atom stereocenters. The first-order valence-electron chi connectivity index (χ1n) is 3.37.